The van der Waals surface area contributed by atoms with Crippen LogP contribution in [0.25, 0.3) is 0 Å². The average molecular weight is 1570 g/mol. The summed E-state index contributed by atoms with van der Waals surface area (Å²) in [6.45, 7) is 12.1. The molecule has 0 bridgehead atoms. The number of rotatable bonds is 45. The van der Waals surface area contributed by atoms with Crippen LogP contribution in [0, 0.1) is 5.92 Å². The Labute approximate surface area is 635 Å². The summed E-state index contributed by atoms with van der Waals surface area (Å²) in [4.78, 5) is 189. The van der Waals surface area contributed by atoms with Gasteiger partial charge < -0.3 is 116 Å². The van der Waals surface area contributed by atoms with Gasteiger partial charge in [0, 0.05) is 62.7 Å². The fourth-order valence-electron chi connectivity index (χ4n) is 9.73. The molecule has 22 N–H and O–H groups in total. The molecule has 1 aromatic rings. The smallest absolute Gasteiger partial charge is 0.305 e. The molecular formula is C65H107N19O20S3. The molecule has 0 unspecified atom stereocenters. The van der Waals surface area contributed by atoms with Crippen LogP contribution >= 0.6 is 37.0 Å². The van der Waals surface area contributed by atoms with Gasteiger partial charge in [-0.2, -0.15) is 25.3 Å². The largest absolute Gasteiger partial charge is 0.481 e. The Morgan fingerprint density at radius 1 is 0.617 bits per heavy atom. The summed E-state index contributed by atoms with van der Waals surface area (Å²) in [5.41, 5.74) is 11.3. The number of benzene rings is 1. The summed E-state index contributed by atoms with van der Waals surface area (Å²) >= 11 is 8.54. The zero-order valence-electron chi connectivity index (χ0n) is 61.0. The summed E-state index contributed by atoms with van der Waals surface area (Å²) in [6.07, 6.45) is 0.317. The number of nitrogens with two attached hydrogens (primary N) is 2. The van der Waals surface area contributed by atoms with Crippen LogP contribution in [-0.4, -0.2) is 270 Å². The Balaban J connectivity index is 2.03. The fourth-order valence-corrected chi connectivity index (χ4v) is 11.0. The van der Waals surface area contributed by atoms with E-state index >= 15 is 0 Å². The van der Waals surface area contributed by atoms with Gasteiger partial charge in [-0.05, 0) is 105 Å². The highest BCUT2D eigenvalue weighted by Gasteiger charge is 2.36. The first-order chi connectivity index (χ1) is 50.6. The van der Waals surface area contributed by atoms with E-state index in [1.165, 1.54) is 0 Å². The van der Waals surface area contributed by atoms with E-state index in [-0.39, 0.29) is 119 Å². The number of carboxylic acid groups (broad SMARTS) is 2. The van der Waals surface area contributed by atoms with Crippen LogP contribution in [0.2, 0.25) is 0 Å². The van der Waals surface area contributed by atoms with E-state index in [2.05, 4.69) is 115 Å². The van der Waals surface area contributed by atoms with Gasteiger partial charge >= 0.3 is 11.9 Å². The lowest BCUT2D eigenvalue weighted by Gasteiger charge is -2.28. The number of thioether (sulfide) groups is 1. The fraction of sp³-hybridized carbons (Fsp3) is 0.646. The second kappa shape index (κ2) is 51.2. The zero-order chi connectivity index (χ0) is 80.1. The van der Waals surface area contributed by atoms with Gasteiger partial charge in [0.2, 0.25) is 65.0 Å². The molecular weight excluding hydrogens is 1460 g/mol. The first-order valence-corrected chi connectivity index (χ1v) is 36.8. The minimum atomic E-state index is -1.99. The molecule has 0 aromatic heterocycles. The van der Waals surface area contributed by atoms with E-state index in [0.717, 1.165) is 12.8 Å². The van der Waals surface area contributed by atoms with Crippen LogP contribution in [0.3, 0.4) is 0 Å². The summed E-state index contributed by atoms with van der Waals surface area (Å²) < 4.78 is 11.0. The third kappa shape index (κ3) is 39.9. The molecule has 0 spiro atoms. The predicted molar refractivity (Wildman–Crippen MR) is 400 cm³/mol. The number of ether oxygens (including phenoxy) is 2. The van der Waals surface area contributed by atoms with Crippen molar-refractivity contribution in [1.82, 2.24) is 74.4 Å². The Bertz CT molecular complexity index is 3170. The predicted octanol–water partition coefficient (Wildman–Crippen LogP) is -4.17. The maximum absolute atomic E-state index is 14.4. The van der Waals surface area contributed by atoms with Crippen molar-refractivity contribution in [2.24, 2.45) is 32.7 Å². The molecule has 7 atom stereocenters. The summed E-state index contributed by atoms with van der Waals surface area (Å²) in [6, 6.07) is -3.85. The number of oxime groups is 2. The third-order valence-corrected chi connectivity index (χ3v) is 18.2. The van der Waals surface area contributed by atoms with Gasteiger partial charge in [-0.15, -0.1) is 0 Å². The topological polar surface area (TPSA) is 596 Å². The van der Waals surface area contributed by atoms with Crippen molar-refractivity contribution in [2.75, 3.05) is 96.0 Å². The van der Waals surface area contributed by atoms with Crippen LogP contribution < -0.4 is 85.9 Å². The Morgan fingerprint density at radius 3 is 1.68 bits per heavy atom. The first kappa shape index (κ1) is 94.0. The number of hydrogen-bond acceptors (Lipinski definition) is 26. The molecule has 12 amide bonds. The lowest BCUT2D eigenvalue weighted by Crippen LogP contribution is -2.60. The molecule has 1 fully saturated rings. The molecule has 1 aliphatic rings. The number of guanidine groups is 1. The summed E-state index contributed by atoms with van der Waals surface area (Å²) in [5, 5.41) is 79.5. The van der Waals surface area contributed by atoms with Crippen molar-refractivity contribution < 1.29 is 97.2 Å². The number of nitrogens with zero attached hydrogens (tertiary/aromatic N) is 3. The number of amides is 12. The van der Waals surface area contributed by atoms with E-state index in [9.17, 15) is 87.8 Å². The van der Waals surface area contributed by atoms with E-state index in [1.807, 2.05) is 27.7 Å². The van der Waals surface area contributed by atoms with Gasteiger partial charge in [-0.3, -0.25) is 72.1 Å². The minimum absolute atomic E-state index is 0.0146. The van der Waals surface area contributed by atoms with E-state index < -0.39 is 161 Å². The Morgan fingerprint density at radius 2 is 1.14 bits per heavy atom. The molecule has 42 heteroatoms. The summed E-state index contributed by atoms with van der Waals surface area (Å²) in [7, 11) is 0. The van der Waals surface area contributed by atoms with Gasteiger partial charge in [0.1, 0.15) is 42.3 Å². The van der Waals surface area contributed by atoms with Gasteiger partial charge in [0.05, 0.1) is 74.9 Å². The number of carbonyl (C=O) groups is 14. The number of carboxylic acids is 2. The van der Waals surface area contributed by atoms with Crippen LogP contribution in [0.1, 0.15) is 111 Å². The molecule has 0 saturated carbocycles. The lowest BCUT2D eigenvalue weighted by atomic mass is 9.94. The molecule has 1 aliphatic heterocycles. The summed E-state index contributed by atoms with van der Waals surface area (Å²) in [5.74, 6) is -14.8. The van der Waals surface area contributed by atoms with Crippen LogP contribution in [0.4, 0.5) is 4.79 Å². The van der Waals surface area contributed by atoms with Gasteiger partial charge in [-0.1, -0.05) is 52.4 Å². The maximum atomic E-state index is 14.4. The highest BCUT2D eigenvalue weighted by molar-refractivity contribution is 8.13. The number of aliphatic imine (C=N–C) groups is 1. The Kier molecular flexibility index (Phi) is 45.0. The van der Waals surface area contributed by atoms with Gasteiger partial charge in [0.15, 0.2) is 5.96 Å². The lowest BCUT2D eigenvalue weighted by molar-refractivity contribution is -0.141. The monoisotopic (exact) mass is 1570 g/mol. The zero-order valence-corrected chi connectivity index (χ0v) is 63.6. The molecule has 1 saturated heterocycles. The van der Waals surface area contributed by atoms with E-state index in [1.54, 1.807) is 44.2 Å². The van der Waals surface area contributed by atoms with Gasteiger partial charge in [-0.25, -0.2) is 0 Å². The average Bonchev–Trinajstić information content (AvgIpc) is 0.519. The van der Waals surface area contributed by atoms with Crippen LogP contribution in [0.5, 0.6) is 0 Å². The van der Waals surface area contributed by atoms with Crippen molar-refractivity contribution in [3.05, 3.63) is 35.9 Å². The molecule has 2 rings (SSSR count). The number of nitrogens with one attached hydrogen (secondary N) is 14. The molecule has 0 aliphatic carbocycles. The first-order valence-electron chi connectivity index (χ1n) is 34.5. The quantitative estimate of drug-likeness (QED) is 0.00736. The molecule has 0 radical (unpaired) electrons. The highest BCUT2D eigenvalue weighted by Crippen LogP contribution is 2.17. The second-order valence-corrected chi connectivity index (χ2v) is 27.4. The second-order valence-electron chi connectivity index (χ2n) is 25.7. The van der Waals surface area contributed by atoms with Crippen LogP contribution in [-0.2, 0) is 78.2 Å². The molecule has 107 heavy (non-hydrogen) atoms. The van der Waals surface area contributed by atoms with Crippen LogP contribution in [0.15, 0.2) is 45.6 Å². The van der Waals surface area contributed by atoms with Crippen molar-refractivity contribution in [3.8, 4) is 0 Å². The standard InChI is InChI=1S/C65H107N19O20S3/c1-38(83-101)64(3,4)74-22-18-40(19-23-75-65(5,6)39(2)84-102)17-21-68-49(85)15-10-16-50(86)69-24-26-103-28-29-104-27-25-70-51(87)33-72-56(94)46(35-105)79-57(95)43(30-41-12-8-7-9-13-41)78-61(99)48-37-107-63(100)82-45(32-54(91)92)59(97)80-47(36-106)60(98)77-42(14-11-20-71-62(66)67)55(93)73-34-52(88)76-44(31-53(89)90)58(96)81-48/h7-9,12-13,40,42-48,74-75,101-102,105-106H,10-11,14-37H2,1-6H3,(H,68,85)(H,69,86)(H,70,87)(H,72,94)(H,73,93)(H,76,88)(H,77,98)(H,78,99)(H,79,95)(H,80,97)(H,81,96)(H,82,100)(H,89,90)(H,91,92)(H4,66,67,71)/b83-38-,84-39-/t42-,43-,44-,45-,46-,47-,48-/m0/s1. The number of aliphatic carboxylic acids is 2. The van der Waals surface area contributed by atoms with Gasteiger partial charge in [0.25, 0.3) is 5.24 Å². The maximum Gasteiger partial charge on any atom is 0.305 e. The Hall–Kier alpha value is -9.10. The minimum Gasteiger partial charge on any atom is -0.481 e. The SMILES string of the molecule is C/C(=N/O)C(C)(C)NCCC(CCNC(=O)CCCC(=O)NCCOCCOCCNC(=O)CNC(=O)[C@H](CS)NC(=O)[C@H](Cc1ccccc1)NC(=O)[C@@H]1CSC(=O)N[C@@H](CC(=O)O)C(=O)N[C@@H](CS)C(=O)N[C@@H](CCCN=C(N)N)C(=O)NCC(=O)N[C@@H](CC(=O)O)C(=O)N1)CCNC(C)(C)/C(C)=N\O. The van der Waals surface area contributed by atoms with Crippen molar-refractivity contribution in [3.63, 3.8) is 0 Å². The number of hydrogen-bond donors (Lipinski definition) is 22. The van der Waals surface area contributed by atoms with Crippen molar-refractivity contribution in [1.29, 1.82) is 0 Å². The van der Waals surface area contributed by atoms with Crippen molar-refractivity contribution >= 4 is 137 Å². The molecule has 600 valence electrons. The number of thiol groups is 2. The number of carbonyl (C=O) groups excluding carboxylic acids is 12. The molecule has 1 aromatic carbocycles. The van der Waals surface area contributed by atoms with E-state index in [0.29, 0.717) is 49.5 Å². The van der Waals surface area contributed by atoms with E-state index in [4.69, 9.17) is 20.9 Å². The molecule has 1 heterocycles. The normalized spacial score (nSPS) is 18.3. The third-order valence-electron chi connectivity index (χ3n) is 16.5. The highest BCUT2D eigenvalue weighted by atomic mass is 32.2. The van der Waals surface area contributed by atoms with Crippen molar-refractivity contribution in [2.45, 2.75) is 166 Å². The molecule has 39 nitrogen and oxygen atoms in total.